The van der Waals surface area contributed by atoms with Crippen LogP contribution in [0.4, 0.5) is 0 Å². The fourth-order valence-electron chi connectivity index (χ4n) is 8.60. The molecule has 4 aliphatic rings. The monoisotopic (exact) mass is 529 g/mol. The van der Waals surface area contributed by atoms with Crippen molar-refractivity contribution in [1.82, 2.24) is 0 Å². The molecule has 7 unspecified atom stereocenters. The molecule has 0 N–H and O–H groups in total. The summed E-state index contributed by atoms with van der Waals surface area (Å²) in [7, 11) is 1.92. The molecule has 0 spiro atoms. The Hall–Kier alpha value is 0.430. The summed E-state index contributed by atoms with van der Waals surface area (Å²) in [5.74, 6) is 1.92. The second-order valence-electron chi connectivity index (χ2n) is 12.1. The van der Waals surface area contributed by atoms with E-state index in [4.69, 9.17) is 4.74 Å². The van der Waals surface area contributed by atoms with Crippen LogP contribution in [0.5, 0.6) is 0 Å². The van der Waals surface area contributed by atoms with Crippen molar-refractivity contribution < 1.29 is 23.2 Å². The van der Waals surface area contributed by atoms with Crippen molar-refractivity contribution in [3.05, 3.63) is 11.6 Å². The number of fused-ring (bicyclic) bond motifs is 5. The molecule has 2 aliphatic heterocycles. The molecule has 0 aromatic heterocycles. The summed E-state index contributed by atoms with van der Waals surface area (Å²) >= 11 is -1.86. The molecule has 3 fully saturated rings. The van der Waals surface area contributed by atoms with Gasteiger partial charge >= 0.3 is 193 Å². The minimum atomic E-state index is -1.86. The summed E-state index contributed by atoms with van der Waals surface area (Å²) in [5, 5.41) is 0. The third kappa shape index (κ3) is 3.76. The number of rotatable bonds is 7. The Balaban J connectivity index is 1.54. The quantitative estimate of drug-likeness (QED) is 0.205. The van der Waals surface area contributed by atoms with E-state index < -0.39 is 18.4 Å². The first-order valence-electron chi connectivity index (χ1n) is 13.2. The molecule has 176 valence electrons. The topological polar surface area (TPSA) is 9.23 Å². The molecule has 2 saturated carbocycles. The second-order valence-corrected chi connectivity index (χ2v) is 22.4. The third-order valence-corrected chi connectivity index (χ3v) is 23.4. The van der Waals surface area contributed by atoms with Crippen molar-refractivity contribution in [1.29, 1.82) is 0 Å². The van der Waals surface area contributed by atoms with Gasteiger partial charge in [0.15, 0.2) is 0 Å². The Labute approximate surface area is 192 Å². The van der Waals surface area contributed by atoms with E-state index in [9.17, 15) is 0 Å². The molecule has 0 bridgehead atoms. The summed E-state index contributed by atoms with van der Waals surface area (Å²) in [6.07, 6.45) is 20.8. The fourth-order valence-corrected chi connectivity index (χ4v) is 23.8. The van der Waals surface area contributed by atoms with Gasteiger partial charge in [-0.25, -0.2) is 0 Å². The van der Waals surface area contributed by atoms with Crippen LogP contribution in [0.3, 0.4) is 0 Å². The van der Waals surface area contributed by atoms with Crippen molar-refractivity contribution >= 4 is 0 Å². The van der Waals surface area contributed by atoms with Gasteiger partial charge in [0.2, 0.25) is 0 Å². The van der Waals surface area contributed by atoms with Crippen LogP contribution in [0.25, 0.3) is 0 Å². The van der Waals surface area contributed by atoms with Crippen LogP contribution in [-0.2, 0) is 4.74 Å². The maximum absolute atomic E-state index is 5.80. The normalized spacial score (nSPS) is 47.8. The third-order valence-electron chi connectivity index (χ3n) is 10.4. The minimum absolute atomic E-state index is 0.486. The van der Waals surface area contributed by atoms with Crippen LogP contribution >= 0.6 is 0 Å². The summed E-state index contributed by atoms with van der Waals surface area (Å²) in [4.78, 5) is 2.91. The van der Waals surface area contributed by atoms with E-state index in [1.54, 1.807) is 31.3 Å². The zero-order valence-corrected chi connectivity index (χ0v) is 23.1. The predicted octanol–water partition coefficient (Wildman–Crippen LogP) is 4.48. The molecule has 7 atom stereocenters. The van der Waals surface area contributed by atoms with Crippen LogP contribution in [0.2, 0.25) is 0 Å². The molecule has 0 aromatic carbocycles. The Morgan fingerprint density at radius 2 is 1.90 bits per heavy atom. The van der Waals surface area contributed by atoms with Crippen LogP contribution in [0.1, 0.15) is 105 Å². The van der Waals surface area contributed by atoms with Crippen molar-refractivity contribution in [3.63, 3.8) is 0 Å². The molecule has 0 aromatic rings. The van der Waals surface area contributed by atoms with Crippen LogP contribution in [0.15, 0.2) is 11.6 Å². The predicted molar refractivity (Wildman–Crippen MR) is 127 cm³/mol. The zero-order chi connectivity index (χ0) is 21.6. The number of alkyl halides is 4. The van der Waals surface area contributed by atoms with Crippen LogP contribution < -0.4 is 18.4 Å². The van der Waals surface area contributed by atoms with Crippen molar-refractivity contribution in [3.8, 4) is 0 Å². The summed E-state index contributed by atoms with van der Waals surface area (Å²) < 4.78 is 9.53. The Morgan fingerprint density at radius 3 is 2.60 bits per heavy atom. The first-order chi connectivity index (χ1) is 14.3. The number of unbranched alkanes of at least 4 members (excludes halogenated alkanes) is 1. The fraction of sp³-hybridized carbons (Fsp3) is 0.929. The van der Waals surface area contributed by atoms with Gasteiger partial charge in [0.25, 0.3) is 0 Å². The zero-order valence-electron chi connectivity index (χ0n) is 20.9. The molecular formula is C28H50IO-. The van der Waals surface area contributed by atoms with E-state index in [0.29, 0.717) is 11.5 Å². The summed E-state index contributed by atoms with van der Waals surface area (Å²) in [5.41, 5.74) is 3.05. The SMILES string of the molecule is CCC12CCC3C4(C)CCC(OC)CC4=CC[I-]3(C)C1CCC2CCCCC(C)C. The number of halogens is 1. The molecule has 1 saturated heterocycles. The van der Waals surface area contributed by atoms with Crippen molar-refractivity contribution in [2.45, 2.75) is 119 Å². The average Bonchev–Trinajstić information content (AvgIpc) is 3.10. The van der Waals surface area contributed by atoms with Gasteiger partial charge in [-0.2, -0.15) is 0 Å². The van der Waals surface area contributed by atoms with Gasteiger partial charge in [-0.3, -0.25) is 0 Å². The molecule has 2 heterocycles. The first kappa shape index (κ1) is 23.6. The molecular weight excluding hydrogens is 479 g/mol. The molecule has 1 nitrogen and oxygen atoms in total. The van der Waals surface area contributed by atoms with E-state index in [0.717, 1.165) is 25.1 Å². The van der Waals surface area contributed by atoms with E-state index in [-0.39, 0.29) is 0 Å². The second kappa shape index (κ2) is 8.99. The maximum atomic E-state index is 5.80. The van der Waals surface area contributed by atoms with Gasteiger partial charge in [0.1, 0.15) is 0 Å². The number of allylic oxidation sites excluding steroid dienone is 1. The van der Waals surface area contributed by atoms with Gasteiger partial charge < -0.3 is 0 Å². The molecule has 0 radical (unpaired) electrons. The van der Waals surface area contributed by atoms with Gasteiger partial charge in [-0.05, 0) is 0 Å². The molecule has 2 heteroatoms. The number of methoxy groups -OCH3 is 1. The molecule has 0 amide bonds. The summed E-state index contributed by atoms with van der Waals surface area (Å²) in [6.45, 7) is 10.0. The number of hydrogen-bond donors (Lipinski definition) is 0. The standard InChI is InChI=1S/C28H50IO/c1-7-28-18-15-25-27(4)17-14-24(30-6)20-23(27)16-19-29(25,5)26(28)13-12-22(28)11-9-8-10-21(2)3/h16,21-22,24-26H,7-15,17-20H2,1-6H3/q-1. The van der Waals surface area contributed by atoms with E-state index in [1.165, 1.54) is 55.8 Å². The average molecular weight is 530 g/mol. The van der Waals surface area contributed by atoms with E-state index in [1.807, 2.05) is 7.11 Å². The van der Waals surface area contributed by atoms with Gasteiger partial charge in [-0.15, -0.1) is 0 Å². The Morgan fingerprint density at radius 1 is 1.10 bits per heavy atom. The number of ether oxygens (including phenoxy) is 1. The number of hydrogen-bond acceptors (Lipinski definition) is 1. The van der Waals surface area contributed by atoms with Gasteiger partial charge in [0, 0.05) is 0 Å². The van der Waals surface area contributed by atoms with Crippen molar-refractivity contribution in [2.24, 2.45) is 22.7 Å². The molecule has 30 heavy (non-hydrogen) atoms. The molecule has 2 aliphatic carbocycles. The first-order valence-corrected chi connectivity index (χ1v) is 19.3. The molecule has 4 rings (SSSR count). The van der Waals surface area contributed by atoms with E-state index in [2.05, 4.69) is 38.7 Å². The summed E-state index contributed by atoms with van der Waals surface area (Å²) in [6, 6.07) is 0. The van der Waals surface area contributed by atoms with E-state index >= 15 is 0 Å². The van der Waals surface area contributed by atoms with Crippen LogP contribution in [0, 0.1) is 22.7 Å². The van der Waals surface area contributed by atoms with Gasteiger partial charge in [-0.1, -0.05) is 0 Å². The Bertz CT molecular complexity index is 641. The Kier molecular flexibility index (Phi) is 7.07. The van der Waals surface area contributed by atoms with Crippen LogP contribution in [-0.4, -0.2) is 30.4 Å². The van der Waals surface area contributed by atoms with Crippen molar-refractivity contribution in [2.75, 3.05) is 16.5 Å². The van der Waals surface area contributed by atoms with Gasteiger partial charge in [0.05, 0.1) is 0 Å².